The SMILES string of the molecule is CCCCOc1ccc(/C=N/n2c(=S)[nH]nc(C)c2=O)cc1OC. The Morgan fingerprint density at radius 3 is 2.92 bits per heavy atom. The first-order valence-corrected chi connectivity index (χ1v) is 8.01. The first-order valence-electron chi connectivity index (χ1n) is 7.60. The van der Waals surface area contributed by atoms with Crippen molar-refractivity contribution in [2.45, 2.75) is 26.7 Å². The van der Waals surface area contributed by atoms with Gasteiger partial charge in [0.05, 0.1) is 19.9 Å². The van der Waals surface area contributed by atoms with Crippen LogP contribution in [0.5, 0.6) is 11.5 Å². The zero-order chi connectivity index (χ0) is 17.5. The molecule has 0 atom stereocenters. The van der Waals surface area contributed by atoms with Gasteiger partial charge in [0.1, 0.15) is 5.69 Å². The molecular formula is C16H20N4O3S. The van der Waals surface area contributed by atoms with Gasteiger partial charge < -0.3 is 9.47 Å². The van der Waals surface area contributed by atoms with E-state index in [0.29, 0.717) is 18.1 Å². The van der Waals surface area contributed by atoms with Crippen molar-refractivity contribution < 1.29 is 9.47 Å². The molecule has 2 rings (SSSR count). The Labute approximate surface area is 144 Å². The smallest absolute Gasteiger partial charge is 0.296 e. The van der Waals surface area contributed by atoms with Crippen LogP contribution in [0.3, 0.4) is 0 Å². The number of aryl methyl sites for hydroxylation is 1. The number of aromatic nitrogens is 3. The normalized spacial score (nSPS) is 11.0. The van der Waals surface area contributed by atoms with Gasteiger partial charge >= 0.3 is 0 Å². The summed E-state index contributed by atoms with van der Waals surface area (Å²) < 4.78 is 12.3. The first-order chi connectivity index (χ1) is 11.6. The van der Waals surface area contributed by atoms with Gasteiger partial charge in [0.2, 0.25) is 4.77 Å². The third kappa shape index (κ3) is 4.29. The summed E-state index contributed by atoms with van der Waals surface area (Å²) in [4.78, 5) is 12.0. The summed E-state index contributed by atoms with van der Waals surface area (Å²) in [5.41, 5.74) is 0.685. The van der Waals surface area contributed by atoms with Gasteiger partial charge in [-0.15, -0.1) is 0 Å². The predicted molar refractivity (Wildman–Crippen MR) is 94.8 cm³/mol. The van der Waals surface area contributed by atoms with E-state index in [0.717, 1.165) is 23.1 Å². The summed E-state index contributed by atoms with van der Waals surface area (Å²) in [7, 11) is 1.58. The minimum absolute atomic E-state index is 0.133. The lowest BCUT2D eigenvalue weighted by Crippen LogP contribution is -2.22. The summed E-state index contributed by atoms with van der Waals surface area (Å²) in [5, 5.41) is 10.5. The van der Waals surface area contributed by atoms with Crippen molar-refractivity contribution in [3.8, 4) is 11.5 Å². The van der Waals surface area contributed by atoms with E-state index in [1.165, 1.54) is 6.21 Å². The quantitative estimate of drug-likeness (QED) is 0.473. The molecule has 0 saturated carbocycles. The van der Waals surface area contributed by atoms with Crippen LogP contribution in [-0.2, 0) is 0 Å². The van der Waals surface area contributed by atoms with Gasteiger partial charge in [0, 0.05) is 0 Å². The maximum absolute atomic E-state index is 12.0. The van der Waals surface area contributed by atoms with Crippen molar-refractivity contribution in [1.82, 2.24) is 14.9 Å². The standard InChI is InChI=1S/C16H20N4O3S/c1-4-5-8-23-13-7-6-12(9-14(13)22-3)10-17-20-15(21)11(2)18-19-16(20)24/h6-7,9-10H,4-5,8H2,1-3H3,(H,19,24)/b17-10+. The van der Waals surface area contributed by atoms with Crippen molar-refractivity contribution in [3.05, 3.63) is 44.6 Å². The number of hydrogen-bond acceptors (Lipinski definition) is 6. The number of aromatic amines is 1. The van der Waals surface area contributed by atoms with Crippen molar-refractivity contribution in [2.24, 2.45) is 5.10 Å². The number of hydrogen-bond donors (Lipinski definition) is 1. The zero-order valence-corrected chi connectivity index (χ0v) is 14.7. The Kier molecular flexibility index (Phi) is 6.25. The molecule has 0 saturated heterocycles. The Bertz CT molecular complexity index is 842. The lowest BCUT2D eigenvalue weighted by atomic mass is 10.2. The third-order valence-electron chi connectivity index (χ3n) is 3.28. The molecule has 0 aliphatic carbocycles. The van der Waals surface area contributed by atoms with Crippen molar-refractivity contribution >= 4 is 18.4 Å². The summed E-state index contributed by atoms with van der Waals surface area (Å²) >= 11 is 5.03. The molecule has 128 valence electrons. The van der Waals surface area contributed by atoms with E-state index in [9.17, 15) is 4.79 Å². The molecule has 0 bridgehead atoms. The van der Waals surface area contributed by atoms with Gasteiger partial charge in [-0.1, -0.05) is 13.3 Å². The number of benzene rings is 1. The van der Waals surface area contributed by atoms with Crippen LogP contribution in [0.25, 0.3) is 0 Å². The highest BCUT2D eigenvalue weighted by Gasteiger charge is 2.05. The maximum atomic E-state index is 12.0. The number of ether oxygens (including phenoxy) is 2. The molecule has 0 aliphatic heterocycles. The summed E-state index contributed by atoms with van der Waals surface area (Å²) in [6, 6.07) is 5.44. The van der Waals surface area contributed by atoms with E-state index in [1.807, 2.05) is 12.1 Å². The second kappa shape index (κ2) is 8.39. The van der Waals surface area contributed by atoms with E-state index < -0.39 is 0 Å². The van der Waals surface area contributed by atoms with Gasteiger partial charge in [-0.05, 0) is 49.3 Å². The highest BCUT2D eigenvalue weighted by atomic mass is 32.1. The molecule has 7 nitrogen and oxygen atoms in total. The fraction of sp³-hybridized carbons (Fsp3) is 0.375. The van der Waals surface area contributed by atoms with E-state index in [1.54, 1.807) is 20.1 Å². The minimum atomic E-state index is -0.360. The van der Waals surface area contributed by atoms with Crippen LogP contribution in [0.1, 0.15) is 31.0 Å². The third-order valence-corrected chi connectivity index (χ3v) is 3.54. The molecule has 1 N–H and O–H groups in total. The van der Waals surface area contributed by atoms with Crippen LogP contribution in [0.15, 0.2) is 28.1 Å². The number of rotatable bonds is 7. The number of nitrogens with one attached hydrogen (secondary N) is 1. The molecular weight excluding hydrogens is 328 g/mol. The van der Waals surface area contributed by atoms with E-state index >= 15 is 0 Å². The Morgan fingerprint density at radius 2 is 2.21 bits per heavy atom. The van der Waals surface area contributed by atoms with Gasteiger partial charge in [0.15, 0.2) is 11.5 Å². The maximum Gasteiger partial charge on any atom is 0.296 e. The Balaban J connectivity index is 2.26. The average Bonchev–Trinajstić information content (AvgIpc) is 2.59. The second-order valence-corrected chi connectivity index (χ2v) is 5.47. The monoisotopic (exact) mass is 348 g/mol. The highest BCUT2D eigenvalue weighted by Crippen LogP contribution is 2.27. The number of nitrogens with zero attached hydrogens (tertiary/aromatic N) is 3. The minimum Gasteiger partial charge on any atom is -0.493 e. The number of methoxy groups -OCH3 is 1. The summed E-state index contributed by atoms with van der Waals surface area (Å²) in [6.45, 7) is 4.33. The van der Waals surface area contributed by atoms with Crippen LogP contribution in [-0.4, -0.2) is 34.8 Å². The van der Waals surface area contributed by atoms with Crippen molar-refractivity contribution in [1.29, 1.82) is 0 Å². The molecule has 1 aromatic carbocycles. The largest absolute Gasteiger partial charge is 0.493 e. The number of H-pyrrole nitrogens is 1. The number of unbranched alkanes of at least 4 members (excludes halogenated alkanes) is 1. The fourth-order valence-corrected chi connectivity index (χ4v) is 2.09. The van der Waals surface area contributed by atoms with Crippen LogP contribution in [0.2, 0.25) is 0 Å². The summed E-state index contributed by atoms with van der Waals surface area (Å²) in [5.74, 6) is 1.29. The van der Waals surface area contributed by atoms with Crippen LogP contribution >= 0.6 is 12.2 Å². The average molecular weight is 348 g/mol. The van der Waals surface area contributed by atoms with Crippen LogP contribution < -0.4 is 15.0 Å². The molecule has 8 heteroatoms. The first kappa shape index (κ1) is 17.9. The molecule has 1 heterocycles. The Hall–Kier alpha value is -2.48. The molecule has 0 spiro atoms. The highest BCUT2D eigenvalue weighted by molar-refractivity contribution is 7.71. The fourth-order valence-electron chi connectivity index (χ4n) is 1.91. The molecule has 0 fully saturated rings. The van der Waals surface area contributed by atoms with Gasteiger partial charge in [-0.25, -0.2) is 0 Å². The van der Waals surface area contributed by atoms with Crippen molar-refractivity contribution in [3.63, 3.8) is 0 Å². The van der Waals surface area contributed by atoms with Gasteiger partial charge in [0.25, 0.3) is 5.56 Å². The summed E-state index contributed by atoms with van der Waals surface area (Å²) in [6.07, 6.45) is 3.57. The van der Waals surface area contributed by atoms with Crippen molar-refractivity contribution in [2.75, 3.05) is 13.7 Å². The van der Waals surface area contributed by atoms with Crippen LogP contribution in [0.4, 0.5) is 0 Å². The van der Waals surface area contributed by atoms with E-state index in [2.05, 4.69) is 22.2 Å². The molecule has 24 heavy (non-hydrogen) atoms. The topological polar surface area (TPSA) is 81.5 Å². The lowest BCUT2D eigenvalue weighted by Gasteiger charge is -2.10. The van der Waals surface area contributed by atoms with Crippen LogP contribution in [0, 0.1) is 11.7 Å². The molecule has 0 unspecified atom stereocenters. The predicted octanol–water partition coefficient (Wildman–Crippen LogP) is 2.68. The van der Waals surface area contributed by atoms with E-state index in [-0.39, 0.29) is 16.0 Å². The lowest BCUT2D eigenvalue weighted by molar-refractivity contribution is 0.288. The Morgan fingerprint density at radius 1 is 1.42 bits per heavy atom. The van der Waals surface area contributed by atoms with Gasteiger partial charge in [-0.3, -0.25) is 9.89 Å². The molecule has 2 aromatic rings. The molecule has 0 radical (unpaired) electrons. The second-order valence-electron chi connectivity index (χ2n) is 5.09. The zero-order valence-electron chi connectivity index (χ0n) is 13.9. The van der Waals surface area contributed by atoms with Gasteiger partial charge in [-0.2, -0.15) is 14.9 Å². The molecule has 1 aromatic heterocycles. The molecule has 0 aliphatic rings. The van der Waals surface area contributed by atoms with E-state index in [4.69, 9.17) is 21.7 Å². The molecule has 0 amide bonds.